The molecular formula is C22H37ClN4O. The Labute approximate surface area is 175 Å². The molecule has 0 unspecified atom stereocenters. The maximum Gasteiger partial charge on any atom is 0.191 e. The van der Waals surface area contributed by atoms with Crippen molar-refractivity contribution in [2.24, 2.45) is 10.4 Å². The minimum Gasteiger partial charge on any atom is -0.393 e. The second-order valence-electron chi connectivity index (χ2n) is 8.52. The van der Waals surface area contributed by atoms with Gasteiger partial charge in [-0.15, -0.1) is 0 Å². The third-order valence-corrected chi connectivity index (χ3v) is 5.32. The van der Waals surface area contributed by atoms with Crippen molar-refractivity contribution in [3.8, 4) is 0 Å². The monoisotopic (exact) mass is 408 g/mol. The first-order valence-electron chi connectivity index (χ1n) is 10.5. The van der Waals surface area contributed by atoms with Crippen LogP contribution in [0.2, 0.25) is 5.02 Å². The molecule has 1 aromatic rings. The van der Waals surface area contributed by atoms with E-state index in [9.17, 15) is 5.11 Å². The number of likely N-dealkylation sites (tertiary alicyclic amines) is 1. The number of hydrogen-bond donors (Lipinski definition) is 3. The lowest BCUT2D eigenvalue weighted by atomic mass is 9.86. The van der Waals surface area contributed by atoms with E-state index in [1.165, 1.54) is 5.56 Å². The van der Waals surface area contributed by atoms with Crippen LogP contribution in [0, 0.1) is 5.41 Å². The first kappa shape index (κ1) is 23.0. The Morgan fingerprint density at radius 3 is 2.71 bits per heavy atom. The summed E-state index contributed by atoms with van der Waals surface area (Å²) in [5.41, 5.74) is 1.30. The van der Waals surface area contributed by atoms with Crippen molar-refractivity contribution >= 4 is 17.6 Å². The van der Waals surface area contributed by atoms with Crippen molar-refractivity contribution in [2.45, 2.75) is 52.6 Å². The zero-order valence-electron chi connectivity index (χ0n) is 17.7. The number of guanidine groups is 1. The number of nitrogens with one attached hydrogen (secondary N) is 2. The molecule has 5 nitrogen and oxygen atoms in total. The van der Waals surface area contributed by atoms with E-state index in [-0.39, 0.29) is 11.5 Å². The summed E-state index contributed by atoms with van der Waals surface area (Å²) in [5, 5.41) is 17.2. The van der Waals surface area contributed by atoms with E-state index in [0.29, 0.717) is 0 Å². The van der Waals surface area contributed by atoms with Crippen molar-refractivity contribution in [3.63, 3.8) is 0 Å². The molecule has 2 rings (SSSR count). The standard InChI is InChI=1S/C22H37ClN4O/c1-4-24-21(25-11-6-12-27-13-9-20(28)10-14-27)26-17-22(2,3)16-18-7-5-8-19(23)15-18/h5,7-8,15,20,28H,4,6,9-14,16-17H2,1-3H3,(H2,24,25,26). The summed E-state index contributed by atoms with van der Waals surface area (Å²) in [6.45, 7) is 12.2. The van der Waals surface area contributed by atoms with Crippen LogP contribution < -0.4 is 10.6 Å². The van der Waals surface area contributed by atoms with Gasteiger partial charge in [-0.25, -0.2) is 0 Å². The van der Waals surface area contributed by atoms with Crippen LogP contribution in [-0.2, 0) is 6.42 Å². The van der Waals surface area contributed by atoms with E-state index >= 15 is 0 Å². The molecule has 0 bridgehead atoms. The molecule has 0 atom stereocenters. The van der Waals surface area contributed by atoms with Gasteiger partial charge in [-0.2, -0.15) is 0 Å². The predicted octanol–water partition coefficient (Wildman–Crippen LogP) is 3.31. The van der Waals surface area contributed by atoms with Crippen LogP contribution in [0.4, 0.5) is 0 Å². The molecule has 1 heterocycles. The number of halogens is 1. The van der Waals surface area contributed by atoms with E-state index in [1.54, 1.807) is 0 Å². The average Bonchev–Trinajstić information content (AvgIpc) is 2.64. The number of hydrogen-bond acceptors (Lipinski definition) is 3. The number of aliphatic hydroxyl groups excluding tert-OH is 1. The Hall–Kier alpha value is -1.30. The lowest BCUT2D eigenvalue weighted by Crippen LogP contribution is -2.41. The van der Waals surface area contributed by atoms with Crippen LogP contribution in [-0.4, -0.2) is 61.3 Å². The maximum atomic E-state index is 9.59. The van der Waals surface area contributed by atoms with Gasteiger partial charge in [-0.1, -0.05) is 37.6 Å². The van der Waals surface area contributed by atoms with E-state index in [0.717, 1.165) is 75.9 Å². The lowest BCUT2D eigenvalue weighted by molar-refractivity contribution is 0.0823. The highest BCUT2D eigenvalue weighted by Gasteiger charge is 2.19. The number of benzene rings is 1. The summed E-state index contributed by atoms with van der Waals surface area (Å²) in [4.78, 5) is 7.25. The fraction of sp³-hybridized carbons (Fsp3) is 0.682. The van der Waals surface area contributed by atoms with Gasteiger partial charge >= 0.3 is 0 Å². The molecule has 28 heavy (non-hydrogen) atoms. The van der Waals surface area contributed by atoms with Crippen molar-refractivity contribution in [1.29, 1.82) is 0 Å². The van der Waals surface area contributed by atoms with Crippen LogP contribution in [0.3, 0.4) is 0 Å². The average molecular weight is 409 g/mol. The van der Waals surface area contributed by atoms with Crippen molar-refractivity contribution < 1.29 is 5.11 Å². The van der Waals surface area contributed by atoms with Gasteiger partial charge in [0.25, 0.3) is 0 Å². The van der Waals surface area contributed by atoms with E-state index in [1.807, 2.05) is 18.2 Å². The fourth-order valence-corrected chi connectivity index (χ4v) is 3.76. The predicted molar refractivity (Wildman–Crippen MR) is 119 cm³/mol. The Bertz CT molecular complexity index is 612. The van der Waals surface area contributed by atoms with Gasteiger partial charge in [0.05, 0.1) is 6.10 Å². The first-order chi connectivity index (χ1) is 13.4. The van der Waals surface area contributed by atoms with Crippen LogP contribution in [0.15, 0.2) is 29.3 Å². The molecule has 158 valence electrons. The third-order valence-electron chi connectivity index (χ3n) is 5.08. The number of nitrogens with zero attached hydrogens (tertiary/aromatic N) is 2. The van der Waals surface area contributed by atoms with Gasteiger partial charge in [0.15, 0.2) is 5.96 Å². The highest BCUT2D eigenvalue weighted by Crippen LogP contribution is 2.24. The summed E-state index contributed by atoms with van der Waals surface area (Å²) in [6, 6.07) is 8.08. The first-order valence-corrected chi connectivity index (χ1v) is 10.9. The smallest absolute Gasteiger partial charge is 0.191 e. The summed E-state index contributed by atoms with van der Waals surface area (Å²) >= 11 is 6.11. The topological polar surface area (TPSA) is 59.9 Å². The summed E-state index contributed by atoms with van der Waals surface area (Å²) in [5.74, 6) is 0.885. The van der Waals surface area contributed by atoms with Gasteiger partial charge in [0.2, 0.25) is 0 Å². The second kappa shape index (κ2) is 11.6. The van der Waals surface area contributed by atoms with Crippen LogP contribution in [0.1, 0.15) is 45.6 Å². The maximum absolute atomic E-state index is 9.59. The summed E-state index contributed by atoms with van der Waals surface area (Å²) < 4.78 is 0. The summed E-state index contributed by atoms with van der Waals surface area (Å²) in [6.07, 6.45) is 3.72. The number of piperidine rings is 1. The molecule has 0 aromatic heterocycles. The van der Waals surface area contributed by atoms with Gasteiger partial charge in [-0.05, 0) is 62.3 Å². The normalized spacial score (nSPS) is 17.0. The minimum atomic E-state index is -0.0999. The van der Waals surface area contributed by atoms with Gasteiger partial charge in [0.1, 0.15) is 0 Å². The van der Waals surface area contributed by atoms with Gasteiger partial charge in [0, 0.05) is 37.7 Å². The van der Waals surface area contributed by atoms with Crippen LogP contribution in [0.25, 0.3) is 0 Å². The molecule has 0 radical (unpaired) electrons. The highest BCUT2D eigenvalue weighted by molar-refractivity contribution is 6.30. The van der Waals surface area contributed by atoms with Crippen molar-refractivity contribution in [3.05, 3.63) is 34.9 Å². The van der Waals surface area contributed by atoms with Gasteiger partial charge < -0.3 is 20.6 Å². The Morgan fingerprint density at radius 1 is 1.29 bits per heavy atom. The third kappa shape index (κ3) is 8.80. The molecule has 1 aliphatic heterocycles. The molecule has 6 heteroatoms. The molecule has 1 aliphatic rings. The second-order valence-corrected chi connectivity index (χ2v) is 8.96. The van der Waals surface area contributed by atoms with E-state index in [2.05, 4.69) is 42.4 Å². The highest BCUT2D eigenvalue weighted by atomic mass is 35.5. The lowest BCUT2D eigenvalue weighted by Gasteiger charge is -2.29. The fourth-order valence-electron chi connectivity index (χ4n) is 3.54. The van der Waals surface area contributed by atoms with E-state index < -0.39 is 0 Å². The minimum absolute atomic E-state index is 0.0572. The molecular weight excluding hydrogens is 372 g/mol. The molecule has 1 aromatic carbocycles. The van der Waals surface area contributed by atoms with Gasteiger partial charge in [-0.3, -0.25) is 4.99 Å². The Balaban J connectivity index is 1.76. The van der Waals surface area contributed by atoms with Crippen LogP contribution in [0.5, 0.6) is 0 Å². The molecule has 0 aliphatic carbocycles. The Morgan fingerprint density at radius 2 is 2.04 bits per heavy atom. The van der Waals surface area contributed by atoms with Crippen molar-refractivity contribution in [2.75, 3.05) is 39.3 Å². The summed E-state index contributed by atoms with van der Waals surface area (Å²) in [7, 11) is 0. The number of aliphatic imine (C=N–C) groups is 1. The largest absolute Gasteiger partial charge is 0.393 e. The molecule has 1 saturated heterocycles. The zero-order chi connectivity index (χ0) is 20.4. The Kier molecular flexibility index (Phi) is 9.56. The molecule has 1 fully saturated rings. The van der Waals surface area contributed by atoms with Crippen LogP contribution >= 0.6 is 11.6 Å². The molecule has 0 spiro atoms. The molecule has 0 saturated carbocycles. The van der Waals surface area contributed by atoms with E-state index in [4.69, 9.17) is 16.6 Å². The number of aliphatic hydroxyl groups is 1. The molecule has 3 N–H and O–H groups in total. The number of rotatable bonds is 9. The SMILES string of the molecule is CCNC(=NCC(C)(C)Cc1cccc(Cl)c1)NCCCN1CCC(O)CC1. The zero-order valence-corrected chi connectivity index (χ0v) is 18.4. The molecule has 0 amide bonds. The van der Waals surface area contributed by atoms with Crippen molar-refractivity contribution in [1.82, 2.24) is 15.5 Å². The quantitative estimate of drug-likeness (QED) is 0.333.